The Morgan fingerprint density at radius 3 is 2.79 bits per heavy atom. The third-order valence-corrected chi connectivity index (χ3v) is 3.26. The monoisotopic (exact) mass is 325 g/mol. The Labute approximate surface area is 137 Å². The molecule has 0 spiro atoms. The van der Waals surface area contributed by atoms with Gasteiger partial charge in [0, 0.05) is 6.92 Å². The summed E-state index contributed by atoms with van der Waals surface area (Å²) in [5, 5.41) is 19.5. The zero-order valence-corrected chi connectivity index (χ0v) is 13.1. The van der Waals surface area contributed by atoms with Crippen LogP contribution in [0.3, 0.4) is 0 Å². The first-order chi connectivity index (χ1) is 11.6. The first kappa shape index (κ1) is 15.5. The van der Waals surface area contributed by atoms with E-state index in [9.17, 15) is 9.90 Å². The summed E-state index contributed by atoms with van der Waals surface area (Å²) in [6.45, 7) is 1.43. The highest BCUT2D eigenvalue weighted by molar-refractivity contribution is 5.88. The normalized spacial score (nSPS) is 10.4. The van der Waals surface area contributed by atoms with Gasteiger partial charge in [0.05, 0.1) is 24.6 Å². The fraction of sp³-hybridized carbons (Fsp3) is 0.125. The molecule has 0 saturated carbocycles. The lowest BCUT2D eigenvalue weighted by Gasteiger charge is -2.04. The minimum Gasteiger partial charge on any atom is -0.507 e. The van der Waals surface area contributed by atoms with Crippen LogP contribution in [0.5, 0.6) is 11.5 Å². The van der Waals surface area contributed by atoms with Gasteiger partial charge in [0.1, 0.15) is 17.2 Å². The van der Waals surface area contributed by atoms with Crippen LogP contribution in [0, 0.1) is 0 Å². The number of pyridine rings is 1. The van der Waals surface area contributed by atoms with E-state index in [0.29, 0.717) is 34.3 Å². The summed E-state index contributed by atoms with van der Waals surface area (Å²) in [4.78, 5) is 19.6. The molecule has 0 atom stereocenters. The number of hydrogen-bond donors (Lipinski definition) is 3. The molecule has 8 nitrogen and oxygen atoms in total. The maximum absolute atomic E-state index is 11.0. The summed E-state index contributed by atoms with van der Waals surface area (Å²) in [7, 11) is 1.54. The number of anilines is 1. The number of rotatable bonds is 4. The lowest BCUT2D eigenvalue weighted by molar-refractivity contribution is -0.114. The maximum atomic E-state index is 11.0. The highest BCUT2D eigenvalue weighted by Crippen LogP contribution is 2.31. The zero-order valence-electron chi connectivity index (χ0n) is 13.1. The highest BCUT2D eigenvalue weighted by atomic mass is 16.5. The number of carbonyl (C=O) groups is 1. The second-order valence-corrected chi connectivity index (χ2v) is 5.00. The van der Waals surface area contributed by atoms with Gasteiger partial charge in [-0.25, -0.2) is 4.98 Å². The van der Waals surface area contributed by atoms with Crippen LogP contribution in [-0.2, 0) is 4.79 Å². The van der Waals surface area contributed by atoms with Crippen molar-refractivity contribution in [3.05, 3.63) is 36.5 Å². The van der Waals surface area contributed by atoms with Crippen molar-refractivity contribution < 1.29 is 14.6 Å². The van der Waals surface area contributed by atoms with E-state index >= 15 is 0 Å². The minimum atomic E-state index is -0.168. The lowest BCUT2D eigenvalue weighted by atomic mass is 10.2. The van der Waals surface area contributed by atoms with E-state index in [0.717, 1.165) is 0 Å². The van der Waals surface area contributed by atoms with Gasteiger partial charge < -0.3 is 15.2 Å². The van der Waals surface area contributed by atoms with Crippen LogP contribution in [0.15, 0.2) is 36.5 Å². The molecule has 0 aliphatic carbocycles. The molecule has 3 N–H and O–H groups in total. The molecule has 3 rings (SSSR count). The first-order valence-corrected chi connectivity index (χ1v) is 7.10. The smallest absolute Gasteiger partial charge is 0.221 e. The molecule has 0 aliphatic heterocycles. The predicted molar refractivity (Wildman–Crippen MR) is 87.6 cm³/mol. The van der Waals surface area contributed by atoms with Crippen LogP contribution < -0.4 is 10.1 Å². The molecule has 0 aliphatic rings. The van der Waals surface area contributed by atoms with Crippen molar-refractivity contribution in [3.63, 3.8) is 0 Å². The van der Waals surface area contributed by atoms with Crippen LogP contribution in [-0.4, -0.2) is 38.3 Å². The van der Waals surface area contributed by atoms with E-state index in [1.165, 1.54) is 19.2 Å². The summed E-state index contributed by atoms with van der Waals surface area (Å²) < 4.78 is 5.15. The number of ether oxygens (including phenoxy) is 1. The van der Waals surface area contributed by atoms with Crippen molar-refractivity contribution in [2.45, 2.75) is 6.92 Å². The number of amides is 1. The summed E-state index contributed by atoms with van der Waals surface area (Å²) >= 11 is 0. The van der Waals surface area contributed by atoms with Crippen LogP contribution in [0.1, 0.15) is 6.92 Å². The van der Waals surface area contributed by atoms with Crippen molar-refractivity contribution in [1.82, 2.24) is 20.2 Å². The van der Waals surface area contributed by atoms with Crippen LogP contribution in [0.4, 0.5) is 5.69 Å². The molecule has 3 aromatic rings. The number of aromatic nitrogens is 4. The highest BCUT2D eigenvalue weighted by Gasteiger charge is 2.13. The third-order valence-electron chi connectivity index (χ3n) is 3.26. The Morgan fingerprint density at radius 2 is 2.12 bits per heavy atom. The van der Waals surface area contributed by atoms with Gasteiger partial charge in [-0.05, 0) is 30.3 Å². The number of methoxy groups -OCH3 is 1. The van der Waals surface area contributed by atoms with Gasteiger partial charge in [0.2, 0.25) is 5.91 Å². The van der Waals surface area contributed by atoms with E-state index in [4.69, 9.17) is 4.74 Å². The standard InChI is InChI=1S/C16H15N5O3/c1-9(22)18-10-3-5-13(17-8-10)16-19-15(20-21-16)12-7-11(24-2)4-6-14(12)23/h3-8,23H,1-2H3,(H,18,22)(H,19,20,21). The molecule has 0 radical (unpaired) electrons. The minimum absolute atomic E-state index is 0.0625. The SMILES string of the molecule is COc1ccc(O)c(-c2nc(-c3ccc(NC(C)=O)cn3)n[nH]2)c1. The maximum Gasteiger partial charge on any atom is 0.221 e. The third kappa shape index (κ3) is 3.17. The Balaban J connectivity index is 1.89. The van der Waals surface area contributed by atoms with Crippen molar-refractivity contribution in [2.75, 3.05) is 12.4 Å². The van der Waals surface area contributed by atoms with Crippen molar-refractivity contribution >= 4 is 11.6 Å². The number of phenols is 1. The van der Waals surface area contributed by atoms with E-state index in [2.05, 4.69) is 25.5 Å². The fourth-order valence-electron chi connectivity index (χ4n) is 2.13. The fourth-order valence-corrected chi connectivity index (χ4v) is 2.13. The van der Waals surface area contributed by atoms with Gasteiger partial charge in [0.25, 0.3) is 0 Å². The second-order valence-electron chi connectivity index (χ2n) is 5.00. The number of phenolic OH excluding ortho intramolecular Hbond substituents is 1. The van der Waals surface area contributed by atoms with Gasteiger partial charge in [-0.1, -0.05) is 0 Å². The Bertz CT molecular complexity index is 874. The summed E-state index contributed by atoms with van der Waals surface area (Å²) in [5.74, 6) is 1.26. The first-order valence-electron chi connectivity index (χ1n) is 7.10. The van der Waals surface area contributed by atoms with Gasteiger partial charge in [-0.3, -0.25) is 14.9 Å². The molecule has 1 aromatic carbocycles. The number of nitrogens with zero attached hydrogens (tertiary/aromatic N) is 3. The quantitative estimate of drug-likeness (QED) is 0.678. The average molecular weight is 325 g/mol. The van der Waals surface area contributed by atoms with Crippen LogP contribution in [0.2, 0.25) is 0 Å². The molecule has 1 amide bonds. The number of aromatic hydroxyl groups is 1. The molecule has 0 saturated heterocycles. The Hall–Kier alpha value is -3.42. The molecule has 24 heavy (non-hydrogen) atoms. The van der Waals surface area contributed by atoms with Crippen molar-refractivity contribution in [3.8, 4) is 34.4 Å². The number of carbonyl (C=O) groups excluding carboxylic acids is 1. The molecule has 2 heterocycles. The van der Waals surface area contributed by atoms with Crippen molar-refractivity contribution in [2.24, 2.45) is 0 Å². The van der Waals surface area contributed by atoms with Gasteiger partial charge in [-0.2, -0.15) is 5.10 Å². The molecule has 0 unspecified atom stereocenters. The van der Waals surface area contributed by atoms with Gasteiger partial charge >= 0.3 is 0 Å². The molecular formula is C16H15N5O3. The van der Waals surface area contributed by atoms with E-state index in [1.807, 2.05) is 0 Å². The van der Waals surface area contributed by atoms with E-state index in [-0.39, 0.29) is 11.7 Å². The lowest BCUT2D eigenvalue weighted by Crippen LogP contribution is -2.05. The number of benzene rings is 1. The zero-order chi connectivity index (χ0) is 17.1. The topological polar surface area (TPSA) is 113 Å². The Morgan fingerprint density at radius 1 is 1.29 bits per heavy atom. The van der Waals surface area contributed by atoms with Gasteiger partial charge in [-0.15, -0.1) is 0 Å². The molecule has 2 aromatic heterocycles. The van der Waals surface area contributed by atoms with E-state index in [1.54, 1.807) is 31.4 Å². The summed E-state index contributed by atoms with van der Waals surface area (Å²) in [5.41, 5.74) is 1.60. The van der Waals surface area contributed by atoms with Crippen LogP contribution in [0.25, 0.3) is 22.9 Å². The Kier molecular flexibility index (Phi) is 4.11. The number of H-pyrrole nitrogens is 1. The predicted octanol–water partition coefficient (Wildman–Crippen LogP) is 2.21. The summed E-state index contributed by atoms with van der Waals surface area (Å²) in [6.07, 6.45) is 1.52. The van der Waals surface area contributed by atoms with E-state index < -0.39 is 0 Å². The molecule has 122 valence electrons. The largest absolute Gasteiger partial charge is 0.507 e. The van der Waals surface area contributed by atoms with Crippen molar-refractivity contribution in [1.29, 1.82) is 0 Å². The van der Waals surface area contributed by atoms with Gasteiger partial charge in [0.15, 0.2) is 11.6 Å². The summed E-state index contributed by atoms with van der Waals surface area (Å²) in [6, 6.07) is 8.24. The number of aromatic amines is 1. The molecule has 0 bridgehead atoms. The van der Waals surface area contributed by atoms with Crippen LogP contribution >= 0.6 is 0 Å². The second kappa shape index (κ2) is 6.37. The average Bonchev–Trinajstić information content (AvgIpc) is 3.05. The number of nitrogens with one attached hydrogen (secondary N) is 2. The number of hydrogen-bond acceptors (Lipinski definition) is 6. The molecule has 0 fully saturated rings. The molecule has 8 heteroatoms. The molecular weight excluding hydrogens is 310 g/mol.